The zero-order valence-corrected chi connectivity index (χ0v) is 10.1. The standard InChI is InChI=1S/C12H24N2O/c1-13-8-12(6-3-7-15-10-12)9-14(2)11-4-5-11/h11,13H,3-10H2,1-2H3. The van der Waals surface area contributed by atoms with E-state index in [9.17, 15) is 0 Å². The predicted octanol–water partition coefficient (Wildman–Crippen LogP) is 1.10. The van der Waals surface area contributed by atoms with Crippen LogP contribution in [-0.2, 0) is 4.74 Å². The van der Waals surface area contributed by atoms with Crippen molar-refractivity contribution in [2.45, 2.75) is 31.7 Å². The van der Waals surface area contributed by atoms with Crippen molar-refractivity contribution in [1.29, 1.82) is 0 Å². The molecule has 0 spiro atoms. The molecule has 1 unspecified atom stereocenters. The molecular formula is C12H24N2O. The van der Waals surface area contributed by atoms with E-state index in [1.54, 1.807) is 0 Å². The highest BCUT2D eigenvalue weighted by atomic mass is 16.5. The quantitative estimate of drug-likeness (QED) is 0.738. The van der Waals surface area contributed by atoms with E-state index in [-0.39, 0.29) is 0 Å². The summed E-state index contributed by atoms with van der Waals surface area (Å²) in [4.78, 5) is 2.53. The molecular weight excluding hydrogens is 188 g/mol. The van der Waals surface area contributed by atoms with E-state index in [1.165, 1.54) is 32.2 Å². The van der Waals surface area contributed by atoms with Gasteiger partial charge in [-0.25, -0.2) is 0 Å². The molecule has 2 aliphatic rings. The number of hydrogen-bond donors (Lipinski definition) is 1. The Morgan fingerprint density at radius 2 is 2.27 bits per heavy atom. The number of hydrogen-bond acceptors (Lipinski definition) is 3. The zero-order chi connectivity index (χ0) is 10.7. The third-order valence-electron chi connectivity index (χ3n) is 3.71. The van der Waals surface area contributed by atoms with Crippen LogP contribution < -0.4 is 5.32 Å². The zero-order valence-electron chi connectivity index (χ0n) is 10.1. The SMILES string of the molecule is CNCC1(CN(C)C2CC2)CCCOC1. The molecule has 0 bridgehead atoms. The molecule has 1 N–H and O–H groups in total. The first-order valence-corrected chi connectivity index (χ1v) is 6.18. The van der Waals surface area contributed by atoms with Gasteiger partial charge in [0.15, 0.2) is 0 Å². The van der Waals surface area contributed by atoms with Crippen LogP contribution in [0, 0.1) is 5.41 Å². The number of nitrogens with one attached hydrogen (secondary N) is 1. The fourth-order valence-electron chi connectivity index (χ4n) is 2.78. The molecule has 1 aliphatic carbocycles. The highest BCUT2D eigenvalue weighted by Crippen LogP contribution is 2.33. The monoisotopic (exact) mass is 212 g/mol. The lowest BCUT2D eigenvalue weighted by atomic mass is 9.82. The number of rotatable bonds is 5. The molecule has 1 saturated heterocycles. The van der Waals surface area contributed by atoms with Crippen molar-refractivity contribution in [2.75, 3.05) is 40.4 Å². The van der Waals surface area contributed by atoms with E-state index in [0.29, 0.717) is 5.41 Å². The minimum absolute atomic E-state index is 0.365. The van der Waals surface area contributed by atoms with Crippen LogP contribution in [0.2, 0.25) is 0 Å². The summed E-state index contributed by atoms with van der Waals surface area (Å²) in [7, 11) is 4.32. The van der Waals surface area contributed by atoms with Gasteiger partial charge in [0, 0.05) is 31.2 Å². The van der Waals surface area contributed by atoms with E-state index in [4.69, 9.17) is 4.74 Å². The minimum atomic E-state index is 0.365. The molecule has 2 rings (SSSR count). The maximum Gasteiger partial charge on any atom is 0.0546 e. The summed E-state index contributed by atoms with van der Waals surface area (Å²) in [6.45, 7) is 4.17. The van der Waals surface area contributed by atoms with Crippen LogP contribution in [0.25, 0.3) is 0 Å². The first kappa shape index (κ1) is 11.4. The molecule has 0 aromatic carbocycles. The van der Waals surface area contributed by atoms with Gasteiger partial charge in [0.2, 0.25) is 0 Å². The molecule has 1 saturated carbocycles. The van der Waals surface area contributed by atoms with Gasteiger partial charge in [-0.15, -0.1) is 0 Å². The second-order valence-corrected chi connectivity index (χ2v) is 5.33. The van der Waals surface area contributed by atoms with Crippen molar-refractivity contribution in [3.05, 3.63) is 0 Å². The molecule has 1 heterocycles. The highest BCUT2D eigenvalue weighted by Gasteiger charge is 2.37. The molecule has 3 heteroatoms. The lowest BCUT2D eigenvalue weighted by Gasteiger charge is -2.40. The van der Waals surface area contributed by atoms with Gasteiger partial charge in [-0.3, -0.25) is 0 Å². The van der Waals surface area contributed by atoms with Gasteiger partial charge in [0.25, 0.3) is 0 Å². The largest absolute Gasteiger partial charge is 0.381 e. The van der Waals surface area contributed by atoms with Crippen LogP contribution in [0.4, 0.5) is 0 Å². The Kier molecular flexibility index (Phi) is 3.65. The Labute approximate surface area is 93.2 Å². The summed E-state index contributed by atoms with van der Waals surface area (Å²) in [6, 6.07) is 0.862. The van der Waals surface area contributed by atoms with Crippen molar-refractivity contribution >= 4 is 0 Å². The summed E-state index contributed by atoms with van der Waals surface area (Å²) in [6.07, 6.45) is 5.32. The topological polar surface area (TPSA) is 24.5 Å². The predicted molar refractivity (Wildman–Crippen MR) is 62.1 cm³/mol. The van der Waals surface area contributed by atoms with Gasteiger partial charge in [0.1, 0.15) is 0 Å². The first-order valence-electron chi connectivity index (χ1n) is 6.18. The Balaban J connectivity index is 1.90. The van der Waals surface area contributed by atoms with Crippen molar-refractivity contribution in [3.63, 3.8) is 0 Å². The molecule has 1 aliphatic heterocycles. The summed E-state index contributed by atoms with van der Waals surface area (Å²) >= 11 is 0. The molecule has 0 radical (unpaired) electrons. The second-order valence-electron chi connectivity index (χ2n) is 5.33. The Hall–Kier alpha value is -0.120. The maximum atomic E-state index is 5.67. The second kappa shape index (κ2) is 4.81. The van der Waals surface area contributed by atoms with Crippen molar-refractivity contribution in [1.82, 2.24) is 10.2 Å². The van der Waals surface area contributed by atoms with E-state index in [1.807, 2.05) is 7.05 Å². The van der Waals surface area contributed by atoms with Gasteiger partial charge in [-0.2, -0.15) is 0 Å². The van der Waals surface area contributed by atoms with Gasteiger partial charge in [0.05, 0.1) is 6.61 Å². The molecule has 88 valence electrons. The fourth-order valence-corrected chi connectivity index (χ4v) is 2.78. The molecule has 0 aromatic rings. The Morgan fingerprint density at radius 1 is 1.47 bits per heavy atom. The molecule has 3 nitrogen and oxygen atoms in total. The molecule has 0 aromatic heterocycles. The minimum Gasteiger partial charge on any atom is -0.381 e. The van der Waals surface area contributed by atoms with Crippen LogP contribution in [-0.4, -0.2) is 51.3 Å². The molecule has 0 amide bonds. The third kappa shape index (κ3) is 2.92. The molecule has 1 atom stereocenters. The van der Waals surface area contributed by atoms with Crippen LogP contribution in [0.15, 0.2) is 0 Å². The summed E-state index contributed by atoms with van der Waals surface area (Å²) in [5, 5.41) is 3.34. The van der Waals surface area contributed by atoms with Crippen molar-refractivity contribution in [3.8, 4) is 0 Å². The molecule has 15 heavy (non-hydrogen) atoms. The van der Waals surface area contributed by atoms with E-state index in [2.05, 4.69) is 17.3 Å². The van der Waals surface area contributed by atoms with E-state index >= 15 is 0 Å². The number of ether oxygens (including phenoxy) is 1. The Bertz CT molecular complexity index is 192. The summed E-state index contributed by atoms with van der Waals surface area (Å²) < 4.78 is 5.67. The van der Waals surface area contributed by atoms with Gasteiger partial charge in [-0.05, 0) is 39.8 Å². The summed E-state index contributed by atoms with van der Waals surface area (Å²) in [5.41, 5.74) is 0.365. The maximum absolute atomic E-state index is 5.67. The highest BCUT2D eigenvalue weighted by molar-refractivity contribution is 4.91. The smallest absolute Gasteiger partial charge is 0.0546 e. The average Bonchev–Trinajstić information content (AvgIpc) is 3.02. The normalized spacial score (nSPS) is 32.2. The first-order chi connectivity index (χ1) is 7.26. The average molecular weight is 212 g/mol. The lowest BCUT2D eigenvalue weighted by molar-refractivity contribution is -0.0228. The third-order valence-corrected chi connectivity index (χ3v) is 3.71. The van der Waals surface area contributed by atoms with Crippen LogP contribution >= 0.6 is 0 Å². The number of nitrogens with zero attached hydrogens (tertiary/aromatic N) is 1. The van der Waals surface area contributed by atoms with Crippen LogP contribution in [0.5, 0.6) is 0 Å². The fraction of sp³-hybridized carbons (Fsp3) is 1.00. The van der Waals surface area contributed by atoms with Gasteiger partial charge >= 0.3 is 0 Å². The van der Waals surface area contributed by atoms with E-state index < -0.39 is 0 Å². The van der Waals surface area contributed by atoms with Crippen LogP contribution in [0.1, 0.15) is 25.7 Å². The van der Waals surface area contributed by atoms with Gasteiger partial charge < -0.3 is 15.0 Å². The van der Waals surface area contributed by atoms with Crippen LogP contribution in [0.3, 0.4) is 0 Å². The molecule has 2 fully saturated rings. The summed E-state index contributed by atoms with van der Waals surface area (Å²) in [5.74, 6) is 0. The van der Waals surface area contributed by atoms with E-state index in [0.717, 1.165) is 25.8 Å². The van der Waals surface area contributed by atoms with Crippen molar-refractivity contribution in [2.24, 2.45) is 5.41 Å². The Morgan fingerprint density at radius 3 is 2.80 bits per heavy atom. The van der Waals surface area contributed by atoms with Gasteiger partial charge in [-0.1, -0.05) is 0 Å². The van der Waals surface area contributed by atoms with Crippen molar-refractivity contribution < 1.29 is 4.74 Å². The lowest BCUT2D eigenvalue weighted by Crippen LogP contribution is -2.48.